The van der Waals surface area contributed by atoms with Gasteiger partial charge in [-0.25, -0.2) is 0 Å². The number of halogens is 1. The van der Waals surface area contributed by atoms with Crippen LogP contribution in [0.4, 0.5) is 5.69 Å². The van der Waals surface area contributed by atoms with Crippen molar-refractivity contribution in [3.05, 3.63) is 86.6 Å². The summed E-state index contributed by atoms with van der Waals surface area (Å²) in [6.45, 7) is 5.68. The number of aliphatic hydroxyl groups is 1. The average molecular weight is 468 g/mol. The van der Waals surface area contributed by atoms with Crippen molar-refractivity contribution in [2.45, 2.75) is 32.9 Å². The zero-order valence-electron chi connectivity index (χ0n) is 17.8. The molecule has 2 heterocycles. The number of aryl methyl sites for hydroxylation is 1. The van der Waals surface area contributed by atoms with Crippen molar-refractivity contribution in [2.24, 2.45) is 0 Å². The monoisotopic (exact) mass is 467 g/mol. The number of benzene rings is 2. The molecule has 0 spiro atoms. The zero-order valence-corrected chi connectivity index (χ0v) is 19.4. The van der Waals surface area contributed by atoms with Crippen molar-refractivity contribution in [2.75, 3.05) is 4.90 Å². The van der Waals surface area contributed by atoms with Gasteiger partial charge in [-0.3, -0.25) is 14.5 Å². The summed E-state index contributed by atoms with van der Waals surface area (Å²) in [6, 6.07) is 14.9. The SMILES string of the molecule is Cc1cc(Cl)ccc1N1C(=O)C(=O)/C(=C(\O)c2ccc(OC(C)C)cc2)C1c1cccs1. The van der Waals surface area contributed by atoms with Crippen LogP contribution < -0.4 is 9.64 Å². The number of carbonyl (C=O) groups excluding carboxylic acids is 2. The summed E-state index contributed by atoms with van der Waals surface area (Å²) in [5.74, 6) is -0.969. The van der Waals surface area contributed by atoms with E-state index < -0.39 is 17.7 Å². The number of Topliss-reactive ketones (excluding diaryl/α,β-unsaturated/α-hetero) is 1. The van der Waals surface area contributed by atoms with Crippen molar-refractivity contribution in [3.8, 4) is 5.75 Å². The summed E-state index contributed by atoms with van der Waals surface area (Å²) in [7, 11) is 0. The molecule has 1 aliphatic heterocycles. The van der Waals surface area contributed by atoms with Gasteiger partial charge in [0.1, 0.15) is 17.6 Å². The lowest BCUT2D eigenvalue weighted by Crippen LogP contribution is -2.29. The van der Waals surface area contributed by atoms with E-state index in [0.717, 1.165) is 10.4 Å². The maximum atomic E-state index is 13.2. The van der Waals surface area contributed by atoms with E-state index in [1.165, 1.54) is 16.2 Å². The minimum absolute atomic E-state index is 0.0150. The third-order valence-electron chi connectivity index (χ3n) is 5.18. The highest BCUT2D eigenvalue weighted by Crippen LogP contribution is 2.44. The molecule has 1 N–H and O–H groups in total. The van der Waals surface area contributed by atoms with Gasteiger partial charge >= 0.3 is 0 Å². The molecule has 0 aliphatic carbocycles. The van der Waals surface area contributed by atoms with Crippen molar-refractivity contribution in [1.82, 2.24) is 0 Å². The second-order valence-electron chi connectivity index (χ2n) is 7.81. The van der Waals surface area contributed by atoms with Crippen molar-refractivity contribution in [1.29, 1.82) is 0 Å². The summed E-state index contributed by atoms with van der Waals surface area (Å²) in [5.41, 5.74) is 1.84. The van der Waals surface area contributed by atoms with Crippen LogP contribution >= 0.6 is 22.9 Å². The number of aliphatic hydroxyl groups excluding tert-OH is 1. The van der Waals surface area contributed by atoms with Crippen LogP contribution in [0.1, 0.15) is 35.9 Å². The van der Waals surface area contributed by atoms with Gasteiger partial charge in [-0.15, -0.1) is 11.3 Å². The lowest BCUT2D eigenvalue weighted by Gasteiger charge is -2.25. The van der Waals surface area contributed by atoms with Crippen LogP contribution in [0.5, 0.6) is 5.75 Å². The Labute approximate surface area is 195 Å². The second kappa shape index (κ2) is 8.81. The second-order valence-corrected chi connectivity index (χ2v) is 9.22. The maximum absolute atomic E-state index is 13.2. The molecule has 1 aliphatic rings. The van der Waals surface area contributed by atoms with E-state index in [2.05, 4.69) is 0 Å². The van der Waals surface area contributed by atoms with Crippen LogP contribution in [0.25, 0.3) is 5.76 Å². The Hall–Kier alpha value is -3.09. The number of nitrogens with zero attached hydrogens (tertiary/aromatic N) is 1. The minimum atomic E-state index is -0.735. The van der Waals surface area contributed by atoms with Crippen LogP contribution in [-0.4, -0.2) is 22.9 Å². The Balaban J connectivity index is 1.85. The summed E-state index contributed by atoms with van der Waals surface area (Å²) in [4.78, 5) is 28.5. The molecular weight excluding hydrogens is 446 g/mol. The van der Waals surface area contributed by atoms with Crippen LogP contribution in [-0.2, 0) is 9.59 Å². The Morgan fingerprint density at radius 1 is 1.12 bits per heavy atom. The molecular formula is C25H22ClNO4S. The van der Waals surface area contributed by atoms with Gasteiger partial charge in [0, 0.05) is 21.2 Å². The van der Waals surface area contributed by atoms with Crippen LogP contribution in [0.3, 0.4) is 0 Å². The number of thiophene rings is 1. The van der Waals surface area contributed by atoms with Gasteiger partial charge in [0.2, 0.25) is 0 Å². The number of rotatable bonds is 5. The number of hydrogen-bond acceptors (Lipinski definition) is 5. The number of carbonyl (C=O) groups is 2. The summed E-state index contributed by atoms with van der Waals surface area (Å²) >= 11 is 7.52. The first-order valence-electron chi connectivity index (χ1n) is 10.2. The number of amides is 1. The molecule has 1 atom stereocenters. The standard InChI is InChI=1S/C25H22ClNO4S/c1-14(2)31-18-9-6-16(7-10-18)23(28)21-22(20-5-4-12-32-20)27(25(30)24(21)29)19-11-8-17(26)13-15(19)3/h4-14,22,28H,1-3H3/b23-21-. The van der Waals surface area contributed by atoms with Crippen LogP contribution in [0.2, 0.25) is 5.02 Å². The molecule has 7 heteroatoms. The fourth-order valence-electron chi connectivity index (χ4n) is 3.81. The molecule has 1 unspecified atom stereocenters. The van der Waals surface area contributed by atoms with E-state index in [-0.39, 0.29) is 17.4 Å². The number of ether oxygens (including phenoxy) is 1. The molecule has 164 valence electrons. The van der Waals surface area contributed by atoms with Gasteiger partial charge in [-0.05, 0) is 80.2 Å². The highest BCUT2D eigenvalue weighted by atomic mass is 35.5. The highest BCUT2D eigenvalue weighted by molar-refractivity contribution is 7.10. The molecule has 0 bridgehead atoms. The quantitative estimate of drug-likeness (QED) is 0.278. The van der Waals surface area contributed by atoms with Crippen molar-refractivity contribution in [3.63, 3.8) is 0 Å². The van der Waals surface area contributed by atoms with E-state index in [4.69, 9.17) is 16.3 Å². The predicted octanol–water partition coefficient (Wildman–Crippen LogP) is 6.12. The smallest absolute Gasteiger partial charge is 0.300 e. The largest absolute Gasteiger partial charge is 0.507 e. The van der Waals surface area contributed by atoms with E-state index >= 15 is 0 Å². The Kier molecular flexibility index (Phi) is 6.09. The van der Waals surface area contributed by atoms with E-state index in [1.54, 1.807) is 42.5 Å². The first kappa shape index (κ1) is 22.1. The molecule has 0 radical (unpaired) electrons. The third kappa shape index (κ3) is 4.04. The molecule has 3 aromatic rings. The lowest BCUT2D eigenvalue weighted by atomic mass is 9.99. The molecule has 1 fully saturated rings. The molecule has 5 nitrogen and oxygen atoms in total. The summed E-state index contributed by atoms with van der Waals surface area (Å²) in [6.07, 6.45) is 0.0150. The topological polar surface area (TPSA) is 66.8 Å². The van der Waals surface area contributed by atoms with Gasteiger partial charge < -0.3 is 9.84 Å². The lowest BCUT2D eigenvalue weighted by molar-refractivity contribution is -0.132. The van der Waals surface area contributed by atoms with Gasteiger partial charge in [0.25, 0.3) is 11.7 Å². The van der Waals surface area contributed by atoms with E-state index in [0.29, 0.717) is 22.0 Å². The number of anilines is 1. The molecule has 0 saturated carbocycles. The molecule has 4 rings (SSSR count). The first-order valence-corrected chi connectivity index (χ1v) is 11.4. The Morgan fingerprint density at radius 3 is 2.44 bits per heavy atom. The van der Waals surface area contributed by atoms with Gasteiger partial charge in [0.15, 0.2) is 0 Å². The van der Waals surface area contributed by atoms with Crippen LogP contribution in [0, 0.1) is 6.92 Å². The molecule has 32 heavy (non-hydrogen) atoms. The average Bonchev–Trinajstić information content (AvgIpc) is 3.35. The fourth-order valence-corrected chi connectivity index (χ4v) is 4.86. The van der Waals surface area contributed by atoms with Crippen molar-refractivity contribution < 1.29 is 19.4 Å². The molecule has 2 aromatic carbocycles. The molecule has 1 amide bonds. The van der Waals surface area contributed by atoms with Crippen LogP contribution in [0.15, 0.2) is 65.6 Å². The normalized spacial score (nSPS) is 17.9. The Morgan fingerprint density at radius 2 is 1.84 bits per heavy atom. The summed E-state index contributed by atoms with van der Waals surface area (Å²) < 4.78 is 5.65. The van der Waals surface area contributed by atoms with Crippen molar-refractivity contribution >= 4 is 46.1 Å². The number of ketones is 1. The van der Waals surface area contributed by atoms with Gasteiger partial charge in [0.05, 0.1) is 11.7 Å². The van der Waals surface area contributed by atoms with E-state index in [9.17, 15) is 14.7 Å². The van der Waals surface area contributed by atoms with E-state index in [1.807, 2.05) is 38.3 Å². The minimum Gasteiger partial charge on any atom is -0.507 e. The third-order valence-corrected chi connectivity index (χ3v) is 6.33. The molecule has 1 saturated heterocycles. The molecule has 1 aromatic heterocycles. The zero-order chi connectivity index (χ0) is 23.0. The summed E-state index contributed by atoms with van der Waals surface area (Å²) in [5, 5.41) is 13.6. The highest BCUT2D eigenvalue weighted by Gasteiger charge is 2.47. The van der Waals surface area contributed by atoms with Gasteiger partial charge in [-0.2, -0.15) is 0 Å². The number of hydrogen-bond donors (Lipinski definition) is 1. The Bertz CT molecular complexity index is 1200. The first-order chi connectivity index (χ1) is 15.3. The predicted molar refractivity (Wildman–Crippen MR) is 127 cm³/mol. The van der Waals surface area contributed by atoms with Gasteiger partial charge in [-0.1, -0.05) is 17.7 Å². The fraction of sp³-hybridized carbons (Fsp3) is 0.200. The maximum Gasteiger partial charge on any atom is 0.300 e.